The molecule has 2 aliphatic carbocycles. The van der Waals surface area contributed by atoms with Gasteiger partial charge in [0.05, 0.1) is 0 Å². The molecule has 2 aliphatic rings. The van der Waals surface area contributed by atoms with Crippen LogP contribution in [0.15, 0.2) is 6.20 Å². The van der Waals surface area contributed by atoms with E-state index in [9.17, 15) is 0 Å². The number of nitrogens with zero attached hydrogens (tertiary/aromatic N) is 2. The maximum atomic E-state index is 4.93. The van der Waals surface area contributed by atoms with Gasteiger partial charge >= 0.3 is 0 Å². The van der Waals surface area contributed by atoms with Crippen LogP contribution in [-0.4, -0.2) is 17.0 Å². The standard InChI is InChI=1S/C17H27N3/c1-3-12-7-9-13(10-8-12)17-19-11-14-15(18-2)5-4-6-16(14)20-17/h11-13,15,18H,3-10H2,1-2H3. The molecule has 0 radical (unpaired) electrons. The predicted octanol–water partition coefficient (Wildman–Crippen LogP) is 3.76. The van der Waals surface area contributed by atoms with E-state index in [1.807, 2.05) is 7.05 Å². The molecule has 3 heteroatoms. The Bertz CT molecular complexity index is 450. The smallest absolute Gasteiger partial charge is 0.131 e. The minimum absolute atomic E-state index is 0.462. The number of fused-ring (bicyclic) bond motifs is 1. The summed E-state index contributed by atoms with van der Waals surface area (Å²) >= 11 is 0. The van der Waals surface area contributed by atoms with E-state index in [0.29, 0.717) is 12.0 Å². The largest absolute Gasteiger partial charge is 0.313 e. The van der Waals surface area contributed by atoms with Gasteiger partial charge in [-0.05, 0) is 57.9 Å². The van der Waals surface area contributed by atoms with Gasteiger partial charge in [0.25, 0.3) is 0 Å². The van der Waals surface area contributed by atoms with Gasteiger partial charge in [0.15, 0.2) is 0 Å². The molecule has 1 heterocycles. The van der Waals surface area contributed by atoms with Crippen LogP contribution in [0.2, 0.25) is 0 Å². The Morgan fingerprint density at radius 3 is 2.70 bits per heavy atom. The molecule has 3 nitrogen and oxygen atoms in total. The maximum Gasteiger partial charge on any atom is 0.131 e. The summed E-state index contributed by atoms with van der Waals surface area (Å²) in [5.74, 6) is 2.67. The zero-order valence-electron chi connectivity index (χ0n) is 12.9. The molecule has 110 valence electrons. The summed E-state index contributed by atoms with van der Waals surface area (Å²) in [5.41, 5.74) is 2.64. The van der Waals surface area contributed by atoms with E-state index in [1.54, 1.807) is 0 Å². The minimum Gasteiger partial charge on any atom is -0.313 e. The zero-order chi connectivity index (χ0) is 13.9. The average Bonchev–Trinajstić information content (AvgIpc) is 2.53. The molecule has 1 atom stereocenters. The number of aromatic nitrogens is 2. The molecule has 1 saturated carbocycles. The highest BCUT2D eigenvalue weighted by atomic mass is 14.9. The fourth-order valence-electron chi connectivity index (χ4n) is 3.89. The SMILES string of the molecule is CCC1CCC(c2ncc3c(n2)CCCC3NC)CC1. The molecule has 1 fully saturated rings. The summed E-state index contributed by atoms with van der Waals surface area (Å²) in [5, 5.41) is 3.39. The molecular formula is C17H27N3. The third kappa shape index (κ3) is 2.73. The lowest BCUT2D eigenvalue weighted by molar-refractivity contribution is 0.311. The Balaban J connectivity index is 1.76. The lowest BCUT2D eigenvalue weighted by atomic mass is 9.80. The van der Waals surface area contributed by atoms with Crippen LogP contribution < -0.4 is 5.32 Å². The topological polar surface area (TPSA) is 37.8 Å². The summed E-state index contributed by atoms with van der Waals surface area (Å²) in [7, 11) is 2.04. The van der Waals surface area contributed by atoms with Crippen molar-refractivity contribution in [1.29, 1.82) is 0 Å². The highest BCUT2D eigenvalue weighted by Gasteiger charge is 2.26. The summed E-state index contributed by atoms with van der Waals surface area (Å²) in [4.78, 5) is 9.65. The molecule has 0 spiro atoms. The monoisotopic (exact) mass is 273 g/mol. The van der Waals surface area contributed by atoms with Crippen LogP contribution in [0.5, 0.6) is 0 Å². The molecule has 0 amide bonds. The van der Waals surface area contributed by atoms with E-state index in [4.69, 9.17) is 9.97 Å². The Labute approximate surface area is 122 Å². The van der Waals surface area contributed by atoms with Crippen molar-refractivity contribution >= 4 is 0 Å². The van der Waals surface area contributed by atoms with Crippen molar-refractivity contribution in [3.05, 3.63) is 23.3 Å². The second-order valence-electron chi connectivity index (χ2n) is 6.49. The lowest BCUT2D eigenvalue weighted by Crippen LogP contribution is -2.24. The van der Waals surface area contributed by atoms with Crippen LogP contribution in [0.1, 0.15) is 80.9 Å². The van der Waals surface area contributed by atoms with Crippen molar-refractivity contribution in [1.82, 2.24) is 15.3 Å². The van der Waals surface area contributed by atoms with Crippen LogP contribution in [0.4, 0.5) is 0 Å². The Morgan fingerprint density at radius 2 is 2.00 bits per heavy atom. The number of rotatable bonds is 3. The first-order valence-corrected chi connectivity index (χ1v) is 8.34. The van der Waals surface area contributed by atoms with Gasteiger partial charge in [-0.2, -0.15) is 0 Å². The van der Waals surface area contributed by atoms with E-state index < -0.39 is 0 Å². The molecule has 0 aliphatic heterocycles. The first-order valence-electron chi connectivity index (χ1n) is 8.34. The normalized spacial score (nSPS) is 30.0. The molecular weight excluding hydrogens is 246 g/mol. The van der Waals surface area contributed by atoms with Crippen LogP contribution >= 0.6 is 0 Å². The van der Waals surface area contributed by atoms with E-state index in [0.717, 1.165) is 18.2 Å². The molecule has 0 saturated heterocycles. The first-order chi connectivity index (χ1) is 9.81. The zero-order valence-corrected chi connectivity index (χ0v) is 12.9. The van der Waals surface area contributed by atoms with Crippen molar-refractivity contribution in [2.24, 2.45) is 5.92 Å². The first kappa shape index (κ1) is 14.0. The van der Waals surface area contributed by atoms with Gasteiger partial charge in [-0.3, -0.25) is 0 Å². The third-order valence-corrected chi connectivity index (χ3v) is 5.34. The molecule has 1 aromatic rings. The summed E-state index contributed by atoms with van der Waals surface area (Å²) in [6, 6.07) is 0.462. The predicted molar refractivity (Wildman–Crippen MR) is 81.8 cm³/mol. The Morgan fingerprint density at radius 1 is 1.20 bits per heavy atom. The molecule has 0 bridgehead atoms. The summed E-state index contributed by atoms with van der Waals surface area (Å²) in [6.45, 7) is 2.32. The van der Waals surface area contributed by atoms with Gasteiger partial charge in [0, 0.05) is 29.4 Å². The number of hydrogen-bond donors (Lipinski definition) is 1. The van der Waals surface area contributed by atoms with E-state index in [-0.39, 0.29) is 0 Å². The second kappa shape index (κ2) is 6.21. The van der Waals surface area contributed by atoms with Gasteiger partial charge < -0.3 is 5.32 Å². The quantitative estimate of drug-likeness (QED) is 0.911. The van der Waals surface area contributed by atoms with Crippen molar-refractivity contribution < 1.29 is 0 Å². The molecule has 1 N–H and O–H groups in total. The Hall–Kier alpha value is -0.960. The number of nitrogens with one attached hydrogen (secondary N) is 1. The van der Waals surface area contributed by atoms with Crippen LogP contribution in [0.25, 0.3) is 0 Å². The lowest BCUT2D eigenvalue weighted by Gasteiger charge is -2.29. The maximum absolute atomic E-state index is 4.93. The average molecular weight is 273 g/mol. The van der Waals surface area contributed by atoms with Gasteiger partial charge in [0.1, 0.15) is 5.82 Å². The van der Waals surface area contributed by atoms with Crippen LogP contribution in [0, 0.1) is 5.92 Å². The molecule has 20 heavy (non-hydrogen) atoms. The highest BCUT2D eigenvalue weighted by Crippen LogP contribution is 2.36. The molecule has 1 aromatic heterocycles. The van der Waals surface area contributed by atoms with Crippen LogP contribution in [-0.2, 0) is 6.42 Å². The van der Waals surface area contributed by atoms with Gasteiger partial charge in [-0.25, -0.2) is 9.97 Å². The van der Waals surface area contributed by atoms with Gasteiger partial charge in [-0.15, -0.1) is 0 Å². The highest BCUT2D eigenvalue weighted by molar-refractivity contribution is 5.25. The summed E-state index contributed by atoms with van der Waals surface area (Å²) in [6.07, 6.45) is 12.3. The van der Waals surface area contributed by atoms with Crippen LogP contribution in [0.3, 0.4) is 0 Å². The van der Waals surface area contributed by atoms with Crippen molar-refractivity contribution in [3.8, 4) is 0 Å². The van der Waals surface area contributed by atoms with E-state index in [1.165, 1.54) is 56.2 Å². The molecule has 1 unspecified atom stereocenters. The van der Waals surface area contributed by atoms with Gasteiger partial charge in [-0.1, -0.05) is 13.3 Å². The fourth-order valence-corrected chi connectivity index (χ4v) is 3.89. The number of aryl methyl sites for hydroxylation is 1. The minimum atomic E-state index is 0.462. The van der Waals surface area contributed by atoms with Crippen molar-refractivity contribution in [3.63, 3.8) is 0 Å². The fraction of sp³-hybridized carbons (Fsp3) is 0.765. The number of hydrogen-bond acceptors (Lipinski definition) is 3. The van der Waals surface area contributed by atoms with Crippen molar-refractivity contribution in [2.75, 3.05) is 7.05 Å². The van der Waals surface area contributed by atoms with E-state index in [2.05, 4.69) is 18.4 Å². The molecule has 3 rings (SSSR count). The third-order valence-electron chi connectivity index (χ3n) is 5.34. The Kier molecular flexibility index (Phi) is 4.35. The molecule has 0 aromatic carbocycles. The van der Waals surface area contributed by atoms with Gasteiger partial charge in [0.2, 0.25) is 0 Å². The summed E-state index contributed by atoms with van der Waals surface area (Å²) < 4.78 is 0. The van der Waals surface area contributed by atoms with Crippen molar-refractivity contribution in [2.45, 2.75) is 70.3 Å². The second-order valence-corrected chi connectivity index (χ2v) is 6.49. The van der Waals surface area contributed by atoms with E-state index >= 15 is 0 Å².